The molecule has 1 rings (SSSR count). The third-order valence-electron chi connectivity index (χ3n) is 2.54. The van der Waals surface area contributed by atoms with Crippen molar-refractivity contribution in [2.24, 2.45) is 5.84 Å². The van der Waals surface area contributed by atoms with Gasteiger partial charge < -0.3 is 15.5 Å². The van der Waals surface area contributed by atoms with E-state index >= 15 is 0 Å². The minimum atomic E-state index is -4.60. The van der Waals surface area contributed by atoms with E-state index < -0.39 is 17.6 Å². The van der Waals surface area contributed by atoms with Gasteiger partial charge in [0.1, 0.15) is 0 Å². The molecule has 1 aromatic carbocycles. The third-order valence-corrected chi connectivity index (χ3v) is 2.54. The van der Waals surface area contributed by atoms with E-state index in [1.54, 1.807) is 6.92 Å². The molecule has 8 heteroatoms. The van der Waals surface area contributed by atoms with Crippen molar-refractivity contribution in [1.82, 2.24) is 5.32 Å². The molecule has 0 bridgehead atoms. The van der Waals surface area contributed by atoms with E-state index in [4.69, 9.17) is 10.6 Å². The van der Waals surface area contributed by atoms with Crippen LogP contribution in [0.15, 0.2) is 18.2 Å². The molecule has 4 N–H and O–H groups in total. The highest BCUT2D eigenvalue weighted by Crippen LogP contribution is 2.35. The summed E-state index contributed by atoms with van der Waals surface area (Å²) in [6.07, 6.45) is -4.60. The Morgan fingerprint density at radius 2 is 2.10 bits per heavy atom. The topological polar surface area (TPSA) is 76.4 Å². The molecule has 0 aliphatic heterocycles. The number of benzene rings is 1. The molecule has 20 heavy (non-hydrogen) atoms. The van der Waals surface area contributed by atoms with Gasteiger partial charge in [0, 0.05) is 18.7 Å². The second-order valence-corrected chi connectivity index (χ2v) is 4.23. The van der Waals surface area contributed by atoms with Crippen LogP contribution >= 0.6 is 0 Å². The molecule has 1 atom stereocenters. The Labute approximate surface area is 114 Å². The number of carbonyl (C=O) groups is 1. The van der Waals surface area contributed by atoms with Crippen molar-refractivity contribution in [1.29, 1.82) is 0 Å². The van der Waals surface area contributed by atoms with Crippen LogP contribution in [0, 0.1) is 0 Å². The summed E-state index contributed by atoms with van der Waals surface area (Å²) in [5, 5.41) is 2.53. The summed E-state index contributed by atoms with van der Waals surface area (Å²) < 4.78 is 43.3. The molecule has 112 valence electrons. The fourth-order valence-electron chi connectivity index (χ4n) is 1.64. The Bertz CT molecular complexity index is 478. The highest BCUT2D eigenvalue weighted by atomic mass is 19.4. The molecule has 0 aromatic heterocycles. The number of rotatable bonds is 5. The summed E-state index contributed by atoms with van der Waals surface area (Å²) in [5.41, 5.74) is 0.574. The van der Waals surface area contributed by atoms with Gasteiger partial charge in [0.25, 0.3) is 5.91 Å². The zero-order valence-corrected chi connectivity index (χ0v) is 11.0. The lowest BCUT2D eigenvalue weighted by Gasteiger charge is -2.16. The molecule has 5 nitrogen and oxygen atoms in total. The van der Waals surface area contributed by atoms with E-state index in [0.29, 0.717) is 0 Å². The first-order chi connectivity index (χ1) is 9.29. The Kier molecular flexibility index (Phi) is 5.34. The highest BCUT2D eigenvalue weighted by Gasteiger charge is 2.34. The lowest BCUT2D eigenvalue weighted by molar-refractivity contribution is -0.137. The Balaban J connectivity index is 3.00. The van der Waals surface area contributed by atoms with E-state index in [1.807, 2.05) is 5.43 Å². The average Bonchev–Trinajstić information content (AvgIpc) is 2.37. The van der Waals surface area contributed by atoms with Gasteiger partial charge in [-0.05, 0) is 25.1 Å². The second-order valence-electron chi connectivity index (χ2n) is 4.23. The second kappa shape index (κ2) is 6.58. The molecule has 0 radical (unpaired) electrons. The van der Waals surface area contributed by atoms with Gasteiger partial charge in [-0.3, -0.25) is 10.6 Å². The molecule has 0 saturated heterocycles. The number of halogens is 3. The zero-order chi connectivity index (χ0) is 15.3. The maximum Gasteiger partial charge on any atom is 0.418 e. The van der Waals surface area contributed by atoms with Gasteiger partial charge in [-0.2, -0.15) is 13.2 Å². The molecule has 1 unspecified atom stereocenters. The van der Waals surface area contributed by atoms with Crippen molar-refractivity contribution in [3.8, 4) is 0 Å². The van der Waals surface area contributed by atoms with Crippen LogP contribution in [0.1, 0.15) is 22.8 Å². The quantitative estimate of drug-likeness (QED) is 0.570. The number of nitrogens with two attached hydrogens (primary N) is 1. The van der Waals surface area contributed by atoms with E-state index in [1.165, 1.54) is 13.2 Å². The Hall–Kier alpha value is -1.80. The van der Waals surface area contributed by atoms with Crippen molar-refractivity contribution >= 4 is 11.6 Å². The highest BCUT2D eigenvalue weighted by molar-refractivity contribution is 5.95. The van der Waals surface area contributed by atoms with E-state index in [2.05, 4.69) is 5.32 Å². The largest absolute Gasteiger partial charge is 0.418 e. The van der Waals surface area contributed by atoms with Crippen LogP contribution in [0.25, 0.3) is 0 Å². The smallest absolute Gasteiger partial charge is 0.383 e. The van der Waals surface area contributed by atoms with Crippen LogP contribution in [0.2, 0.25) is 0 Å². The number of alkyl halides is 3. The molecular weight excluding hydrogens is 275 g/mol. The minimum Gasteiger partial charge on any atom is -0.383 e. The van der Waals surface area contributed by atoms with Gasteiger partial charge in [-0.1, -0.05) is 0 Å². The third kappa shape index (κ3) is 4.10. The first-order valence-corrected chi connectivity index (χ1v) is 5.77. The monoisotopic (exact) mass is 291 g/mol. The standard InChI is InChI=1S/C12H16F3N3O2/c1-7(6-20-2)17-11(19)8-3-4-10(18-16)9(5-8)12(13,14)15/h3-5,7,18H,6,16H2,1-2H3,(H,17,19). The van der Waals surface area contributed by atoms with Gasteiger partial charge in [-0.15, -0.1) is 0 Å². The number of anilines is 1. The number of hydrogen-bond acceptors (Lipinski definition) is 4. The first kappa shape index (κ1) is 16.3. The number of methoxy groups -OCH3 is 1. The van der Waals surface area contributed by atoms with Crippen molar-refractivity contribution in [2.75, 3.05) is 19.1 Å². The van der Waals surface area contributed by atoms with Crippen molar-refractivity contribution in [3.63, 3.8) is 0 Å². The fraction of sp³-hybridized carbons (Fsp3) is 0.417. The maximum absolute atomic E-state index is 12.8. The summed E-state index contributed by atoms with van der Waals surface area (Å²) >= 11 is 0. The number of ether oxygens (including phenoxy) is 1. The summed E-state index contributed by atoms with van der Waals surface area (Å²) in [5.74, 6) is 4.42. The van der Waals surface area contributed by atoms with Crippen LogP contribution in [-0.4, -0.2) is 25.7 Å². The van der Waals surface area contributed by atoms with E-state index in [0.717, 1.165) is 12.1 Å². The Morgan fingerprint density at radius 3 is 2.60 bits per heavy atom. The first-order valence-electron chi connectivity index (χ1n) is 5.77. The van der Waals surface area contributed by atoms with Gasteiger partial charge >= 0.3 is 6.18 Å². The van der Waals surface area contributed by atoms with Crippen LogP contribution in [0.5, 0.6) is 0 Å². The molecule has 0 saturated carbocycles. The molecule has 0 heterocycles. The summed E-state index contributed by atoms with van der Waals surface area (Å²) in [4.78, 5) is 11.8. The molecule has 0 aliphatic rings. The van der Waals surface area contributed by atoms with Crippen LogP contribution in [0.3, 0.4) is 0 Å². The van der Waals surface area contributed by atoms with E-state index in [-0.39, 0.29) is 23.9 Å². The van der Waals surface area contributed by atoms with Crippen LogP contribution in [-0.2, 0) is 10.9 Å². The van der Waals surface area contributed by atoms with Crippen molar-refractivity contribution in [2.45, 2.75) is 19.1 Å². The molecule has 0 fully saturated rings. The number of hydrogen-bond donors (Lipinski definition) is 3. The van der Waals surface area contributed by atoms with Crippen molar-refractivity contribution < 1.29 is 22.7 Å². The maximum atomic E-state index is 12.8. The Morgan fingerprint density at radius 1 is 1.45 bits per heavy atom. The van der Waals surface area contributed by atoms with Gasteiger partial charge in [-0.25, -0.2) is 0 Å². The number of hydrazine groups is 1. The normalized spacial score (nSPS) is 12.9. The van der Waals surface area contributed by atoms with Crippen molar-refractivity contribution in [3.05, 3.63) is 29.3 Å². The predicted molar refractivity (Wildman–Crippen MR) is 68.1 cm³/mol. The number of nitrogen functional groups attached to an aromatic ring is 1. The predicted octanol–water partition coefficient (Wildman–Crippen LogP) is 1.76. The van der Waals surface area contributed by atoms with Gasteiger partial charge in [0.2, 0.25) is 0 Å². The summed E-state index contributed by atoms with van der Waals surface area (Å²) in [6.45, 7) is 1.95. The van der Waals surface area contributed by atoms with E-state index in [9.17, 15) is 18.0 Å². The average molecular weight is 291 g/mol. The SMILES string of the molecule is COCC(C)NC(=O)c1ccc(NN)c(C(F)(F)F)c1. The van der Waals surface area contributed by atoms with Gasteiger partial charge in [0.15, 0.2) is 0 Å². The molecule has 0 spiro atoms. The number of nitrogens with one attached hydrogen (secondary N) is 2. The minimum absolute atomic E-state index is 0.0979. The number of amides is 1. The molecule has 1 aromatic rings. The summed E-state index contributed by atoms with van der Waals surface area (Å²) in [7, 11) is 1.46. The molecule has 1 amide bonds. The lowest BCUT2D eigenvalue weighted by atomic mass is 10.1. The fourth-order valence-corrected chi connectivity index (χ4v) is 1.64. The lowest BCUT2D eigenvalue weighted by Crippen LogP contribution is -2.35. The zero-order valence-electron chi connectivity index (χ0n) is 11.0. The van der Waals surface area contributed by atoms with Crippen LogP contribution < -0.4 is 16.6 Å². The molecular formula is C12H16F3N3O2. The van der Waals surface area contributed by atoms with Crippen LogP contribution in [0.4, 0.5) is 18.9 Å². The number of carbonyl (C=O) groups excluding carboxylic acids is 1. The molecule has 0 aliphatic carbocycles. The van der Waals surface area contributed by atoms with Gasteiger partial charge in [0.05, 0.1) is 17.9 Å². The summed E-state index contributed by atoms with van der Waals surface area (Å²) in [6, 6.07) is 2.82.